The van der Waals surface area contributed by atoms with Crippen LogP contribution >= 0.6 is 11.3 Å². The Morgan fingerprint density at radius 1 is 0.586 bits per heavy atom. The summed E-state index contributed by atoms with van der Waals surface area (Å²) >= 11 is 1.75. The summed E-state index contributed by atoms with van der Waals surface area (Å²) in [7, 11) is 1.68. The Kier molecular flexibility index (Phi) is 6.37. The molecule has 0 unspecified atom stereocenters. The Bertz CT molecular complexity index is 1030. The molecule has 0 aliphatic carbocycles. The molecule has 1 heterocycles. The Hall–Kier alpha value is -3.08. The highest BCUT2D eigenvalue weighted by Gasteiger charge is 2.19. The fourth-order valence-electron chi connectivity index (χ4n) is 3.03. The number of nitrogens with two attached hydrogens (primary N) is 2. The number of hydrogen-bond acceptors (Lipinski definition) is 3. The van der Waals surface area contributed by atoms with Gasteiger partial charge in [-0.1, -0.05) is 12.1 Å². The van der Waals surface area contributed by atoms with E-state index >= 15 is 0 Å². The van der Waals surface area contributed by atoms with Crippen LogP contribution < -0.4 is 28.6 Å². The molecule has 0 saturated heterocycles. The van der Waals surface area contributed by atoms with Crippen molar-refractivity contribution in [3.8, 4) is 37.8 Å². The molecule has 146 valence electrons. The minimum Gasteiger partial charge on any atom is -1.00 e. The highest BCUT2D eigenvalue weighted by atomic mass is 35.5. The monoisotopic (exact) mass is 420 g/mol. The molecule has 0 bridgehead atoms. The molecule has 4 N–H and O–H groups in total. The summed E-state index contributed by atoms with van der Waals surface area (Å²) in [4.78, 5) is 2.36. The van der Waals surface area contributed by atoms with E-state index in [1.165, 1.54) is 9.75 Å². The van der Waals surface area contributed by atoms with Crippen molar-refractivity contribution in [2.45, 2.75) is 0 Å². The van der Waals surface area contributed by atoms with Gasteiger partial charge in [0.2, 0.25) is 21.1 Å². The Balaban J connectivity index is 0.00000240. The first kappa shape index (κ1) is 20.6. The largest absolute Gasteiger partial charge is 1.00 e. The van der Waals surface area contributed by atoms with E-state index in [1.807, 2.05) is 36.4 Å². The Labute approximate surface area is 181 Å². The van der Waals surface area contributed by atoms with Gasteiger partial charge in [-0.3, -0.25) is 0 Å². The maximum Gasteiger partial charge on any atom is 0.239 e. The van der Waals surface area contributed by atoms with Crippen LogP contribution in [0.5, 0.6) is 5.75 Å². The van der Waals surface area contributed by atoms with Gasteiger partial charge in [0.1, 0.15) is 5.75 Å². The molecule has 0 aliphatic rings. The van der Waals surface area contributed by atoms with Crippen LogP contribution in [0.25, 0.3) is 32.0 Å². The summed E-state index contributed by atoms with van der Waals surface area (Å²) in [5, 5.41) is 0. The molecule has 0 saturated carbocycles. The summed E-state index contributed by atoms with van der Waals surface area (Å²) in [6.07, 6.45) is 0. The first-order valence-electron chi connectivity index (χ1n) is 8.97. The van der Waals surface area contributed by atoms with Crippen LogP contribution in [0.1, 0.15) is 0 Å². The van der Waals surface area contributed by atoms with Crippen LogP contribution in [0.2, 0.25) is 0 Å². The van der Waals surface area contributed by atoms with Gasteiger partial charge in [-0.05, 0) is 71.8 Å². The van der Waals surface area contributed by atoms with Crippen molar-refractivity contribution >= 4 is 22.7 Å². The number of ether oxygens (including phenoxy) is 1. The van der Waals surface area contributed by atoms with Crippen LogP contribution in [-0.2, 0) is 0 Å². The highest BCUT2D eigenvalue weighted by Crippen LogP contribution is 2.38. The van der Waals surface area contributed by atoms with Crippen molar-refractivity contribution in [1.29, 1.82) is 0 Å². The fourth-order valence-corrected chi connectivity index (χ4v) is 4.15. The molecule has 3 aromatic carbocycles. The molecule has 3 nitrogen and oxygen atoms in total. The summed E-state index contributed by atoms with van der Waals surface area (Å²) in [5.41, 5.74) is 17.8. The van der Waals surface area contributed by atoms with Crippen LogP contribution in [0.3, 0.4) is 0 Å². The standard InChI is InChI=1S/C24H21N2OS.ClH/c1-27-22-12-6-16(7-13-22)19-14-23(17-2-8-20(25)9-3-17)28-24(15-19)18-4-10-21(26)11-5-18;/h2-15H,25-26H2,1H3;1H/q+1;/p-1. The second kappa shape index (κ2) is 8.95. The van der Waals surface area contributed by atoms with Gasteiger partial charge in [0.25, 0.3) is 0 Å². The van der Waals surface area contributed by atoms with Gasteiger partial charge in [-0.2, -0.15) is 0 Å². The van der Waals surface area contributed by atoms with Crippen molar-refractivity contribution in [2.24, 2.45) is 0 Å². The molecule has 1 aromatic heterocycles. The van der Waals surface area contributed by atoms with E-state index in [0.717, 1.165) is 39.4 Å². The molecule has 0 amide bonds. The molecule has 5 heteroatoms. The van der Waals surface area contributed by atoms with Gasteiger partial charge in [0.05, 0.1) is 7.11 Å². The first-order chi connectivity index (χ1) is 13.6. The third kappa shape index (κ3) is 4.67. The molecule has 0 atom stereocenters. The van der Waals surface area contributed by atoms with Gasteiger partial charge >= 0.3 is 0 Å². The first-order valence-corrected chi connectivity index (χ1v) is 9.78. The zero-order chi connectivity index (χ0) is 19.5. The van der Waals surface area contributed by atoms with Gasteiger partial charge in [-0.25, -0.2) is 0 Å². The number of anilines is 2. The zero-order valence-electron chi connectivity index (χ0n) is 15.9. The van der Waals surface area contributed by atoms with Crippen LogP contribution in [0.15, 0.2) is 84.9 Å². The van der Waals surface area contributed by atoms with E-state index in [2.05, 4.69) is 48.5 Å². The third-order valence-corrected chi connectivity index (χ3v) is 5.75. The van der Waals surface area contributed by atoms with Crippen molar-refractivity contribution in [3.63, 3.8) is 0 Å². The summed E-state index contributed by atoms with van der Waals surface area (Å²) < 4.78 is 5.29. The van der Waals surface area contributed by atoms with Crippen LogP contribution in [-0.4, -0.2) is 7.11 Å². The lowest BCUT2D eigenvalue weighted by Gasteiger charge is -2.05. The molecule has 0 radical (unpaired) electrons. The summed E-state index contributed by atoms with van der Waals surface area (Å²) in [6, 6.07) is 28.6. The lowest BCUT2D eigenvalue weighted by atomic mass is 10.0. The molecule has 29 heavy (non-hydrogen) atoms. The second-order valence-corrected chi connectivity index (χ2v) is 7.63. The molecule has 4 rings (SSSR count). The van der Waals surface area contributed by atoms with E-state index < -0.39 is 0 Å². The Morgan fingerprint density at radius 3 is 1.41 bits per heavy atom. The summed E-state index contributed by atoms with van der Waals surface area (Å²) in [6.45, 7) is 0. The molecular formula is C24H21ClN2OS. The van der Waals surface area contributed by atoms with E-state index in [0.29, 0.717) is 0 Å². The third-order valence-electron chi connectivity index (χ3n) is 4.61. The minimum absolute atomic E-state index is 0. The molecule has 4 aromatic rings. The van der Waals surface area contributed by atoms with Crippen molar-refractivity contribution < 1.29 is 17.1 Å². The highest BCUT2D eigenvalue weighted by molar-refractivity contribution is 7.18. The van der Waals surface area contributed by atoms with E-state index in [1.54, 1.807) is 18.4 Å². The lowest BCUT2D eigenvalue weighted by molar-refractivity contribution is -0.00000571. The average Bonchev–Trinajstić information content (AvgIpc) is 2.74. The quantitative estimate of drug-likeness (QED) is 0.393. The fraction of sp³-hybridized carbons (Fsp3) is 0.0417. The zero-order valence-corrected chi connectivity index (χ0v) is 17.5. The maximum atomic E-state index is 5.87. The Morgan fingerprint density at radius 2 is 1.00 bits per heavy atom. The maximum absolute atomic E-state index is 5.87. The van der Waals surface area contributed by atoms with Crippen molar-refractivity contribution in [2.75, 3.05) is 18.6 Å². The number of nitrogen functional groups attached to an aromatic ring is 2. The van der Waals surface area contributed by atoms with Crippen molar-refractivity contribution in [1.82, 2.24) is 0 Å². The molecule has 0 fully saturated rings. The second-order valence-electron chi connectivity index (χ2n) is 6.55. The van der Waals surface area contributed by atoms with Gasteiger partial charge < -0.3 is 28.6 Å². The van der Waals surface area contributed by atoms with Gasteiger partial charge in [-0.15, -0.1) is 0 Å². The molecular weight excluding hydrogens is 400 g/mol. The average molecular weight is 421 g/mol. The topological polar surface area (TPSA) is 61.3 Å². The minimum atomic E-state index is 0. The predicted molar refractivity (Wildman–Crippen MR) is 120 cm³/mol. The molecule has 0 aliphatic heterocycles. The number of methoxy groups -OCH3 is 1. The number of rotatable bonds is 4. The SMILES string of the molecule is COc1ccc(-c2cc(-c3ccc(N)cc3)[s+]c(-c3ccc(N)cc3)c2)cc1.[Cl-]. The van der Waals surface area contributed by atoms with Crippen LogP contribution in [0.4, 0.5) is 11.4 Å². The van der Waals surface area contributed by atoms with E-state index in [-0.39, 0.29) is 12.4 Å². The smallest absolute Gasteiger partial charge is 0.239 e. The number of benzene rings is 3. The number of hydrogen-bond donors (Lipinski definition) is 2. The van der Waals surface area contributed by atoms with E-state index in [9.17, 15) is 0 Å². The van der Waals surface area contributed by atoms with Crippen LogP contribution in [0, 0.1) is 0 Å². The predicted octanol–water partition coefficient (Wildman–Crippen LogP) is 3.21. The van der Waals surface area contributed by atoms with Crippen molar-refractivity contribution in [3.05, 3.63) is 84.9 Å². The summed E-state index contributed by atoms with van der Waals surface area (Å²) in [5.74, 6) is 0.847. The molecule has 0 spiro atoms. The van der Waals surface area contributed by atoms with Gasteiger partial charge in [0.15, 0.2) is 0 Å². The normalized spacial score (nSPS) is 10.2. The lowest BCUT2D eigenvalue weighted by Crippen LogP contribution is -3.00. The number of halogens is 1. The van der Waals surface area contributed by atoms with Gasteiger partial charge in [0, 0.05) is 34.6 Å². The van der Waals surface area contributed by atoms with E-state index in [4.69, 9.17) is 16.2 Å².